The molecule has 0 bridgehead atoms. The SMILES string of the molecule is C=C(C)CNC(=O)C(CC)c1ccccc1. The van der Waals surface area contributed by atoms with Crippen LogP contribution in [0.15, 0.2) is 42.5 Å². The van der Waals surface area contributed by atoms with Crippen LogP contribution in [0, 0.1) is 0 Å². The van der Waals surface area contributed by atoms with Gasteiger partial charge in [0, 0.05) is 6.54 Å². The first kappa shape index (κ1) is 12.5. The van der Waals surface area contributed by atoms with Crippen LogP contribution in [0.25, 0.3) is 0 Å². The predicted octanol–water partition coefficient (Wildman–Crippen LogP) is 2.87. The number of hydrogen-bond donors (Lipinski definition) is 1. The molecule has 0 aliphatic carbocycles. The summed E-state index contributed by atoms with van der Waals surface area (Å²) >= 11 is 0. The number of benzene rings is 1. The summed E-state index contributed by atoms with van der Waals surface area (Å²) in [6, 6.07) is 9.87. The fourth-order valence-corrected chi connectivity index (χ4v) is 1.62. The molecule has 0 radical (unpaired) electrons. The molecular formula is C14H19NO. The zero-order valence-electron chi connectivity index (χ0n) is 9.99. The fraction of sp³-hybridized carbons (Fsp3) is 0.357. The van der Waals surface area contributed by atoms with Gasteiger partial charge in [0.05, 0.1) is 5.92 Å². The molecule has 1 aromatic rings. The van der Waals surface area contributed by atoms with Gasteiger partial charge in [-0.25, -0.2) is 0 Å². The van der Waals surface area contributed by atoms with E-state index in [1.807, 2.05) is 44.2 Å². The van der Waals surface area contributed by atoms with E-state index in [0.29, 0.717) is 6.54 Å². The van der Waals surface area contributed by atoms with Crippen molar-refractivity contribution in [3.8, 4) is 0 Å². The van der Waals surface area contributed by atoms with Gasteiger partial charge in [-0.1, -0.05) is 49.4 Å². The number of carbonyl (C=O) groups excluding carboxylic acids is 1. The standard InChI is InChI=1S/C14H19NO/c1-4-13(12-8-6-5-7-9-12)14(16)15-10-11(2)3/h5-9,13H,2,4,10H2,1,3H3,(H,15,16). The lowest BCUT2D eigenvalue weighted by Gasteiger charge is -2.15. The maximum absolute atomic E-state index is 11.9. The number of amides is 1. The summed E-state index contributed by atoms with van der Waals surface area (Å²) in [5.41, 5.74) is 2.04. The van der Waals surface area contributed by atoms with Crippen molar-refractivity contribution in [1.29, 1.82) is 0 Å². The van der Waals surface area contributed by atoms with E-state index in [1.165, 1.54) is 0 Å². The minimum Gasteiger partial charge on any atom is -0.352 e. The molecule has 1 rings (SSSR count). The van der Waals surface area contributed by atoms with E-state index < -0.39 is 0 Å². The summed E-state index contributed by atoms with van der Waals surface area (Å²) in [6.07, 6.45) is 0.812. The van der Waals surface area contributed by atoms with E-state index in [4.69, 9.17) is 0 Å². The van der Waals surface area contributed by atoms with Gasteiger partial charge in [0.1, 0.15) is 0 Å². The molecule has 1 unspecified atom stereocenters. The Morgan fingerprint density at radius 1 is 1.38 bits per heavy atom. The van der Waals surface area contributed by atoms with Gasteiger partial charge in [-0.15, -0.1) is 0 Å². The molecule has 0 aliphatic heterocycles. The van der Waals surface area contributed by atoms with Gasteiger partial charge in [-0.05, 0) is 18.9 Å². The Morgan fingerprint density at radius 2 is 2.00 bits per heavy atom. The summed E-state index contributed by atoms with van der Waals surface area (Å²) < 4.78 is 0. The number of rotatable bonds is 5. The number of hydrogen-bond acceptors (Lipinski definition) is 1. The molecule has 16 heavy (non-hydrogen) atoms. The number of nitrogens with one attached hydrogen (secondary N) is 1. The molecule has 1 aromatic carbocycles. The van der Waals surface area contributed by atoms with Crippen molar-refractivity contribution in [2.24, 2.45) is 0 Å². The molecule has 0 aliphatic rings. The Hall–Kier alpha value is -1.57. The molecule has 0 heterocycles. The van der Waals surface area contributed by atoms with Gasteiger partial charge in [0.2, 0.25) is 5.91 Å². The van der Waals surface area contributed by atoms with E-state index in [-0.39, 0.29) is 11.8 Å². The van der Waals surface area contributed by atoms with Gasteiger partial charge in [-0.3, -0.25) is 4.79 Å². The summed E-state index contributed by atoms with van der Waals surface area (Å²) in [5.74, 6) is 0.0252. The molecule has 0 saturated carbocycles. The third kappa shape index (κ3) is 3.54. The van der Waals surface area contributed by atoms with Gasteiger partial charge in [0.15, 0.2) is 0 Å². The van der Waals surface area contributed by atoms with Crippen LogP contribution in [0.1, 0.15) is 31.7 Å². The minimum absolute atomic E-state index is 0.0550. The van der Waals surface area contributed by atoms with Crippen LogP contribution < -0.4 is 5.32 Å². The lowest BCUT2D eigenvalue weighted by atomic mass is 9.95. The molecule has 1 atom stereocenters. The topological polar surface area (TPSA) is 29.1 Å². The van der Waals surface area contributed by atoms with Gasteiger partial charge >= 0.3 is 0 Å². The number of carbonyl (C=O) groups is 1. The molecule has 0 fully saturated rings. The molecule has 0 aromatic heterocycles. The highest BCUT2D eigenvalue weighted by Gasteiger charge is 2.17. The van der Waals surface area contributed by atoms with Crippen molar-refractivity contribution >= 4 is 5.91 Å². The first-order chi connectivity index (χ1) is 7.65. The molecule has 1 amide bonds. The summed E-state index contributed by atoms with van der Waals surface area (Å²) in [5, 5.41) is 2.89. The monoisotopic (exact) mass is 217 g/mol. The second-order valence-corrected chi connectivity index (χ2v) is 4.05. The summed E-state index contributed by atoms with van der Waals surface area (Å²) in [6.45, 7) is 8.26. The van der Waals surface area contributed by atoms with Crippen molar-refractivity contribution in [3.63, 3.8) is 0 Å². The lowest BCUT2D eigenvalue weighted by molar-refractivity contribution is -0.122. The van der Waals surface area contributed by atoms with E-state index >= 15 is 0 Å². The quantitative estimate of drug-likeness (QED) is 0.755. The van der Waals surface area contributed by atoms with Crippen molar-refractivity contribution in [2.45, 2.75) is 26.2 Å². The normalized spacial score (nSPS) is 11.9. The van der Waals surface area contributed by atoms with Crippen molar-refractivity contribution < 1.29 is 4.79 Å². The highest BCUT2D eigenvalue weighted by atomic mass is 16.1. The molecule has 2 nitrogen and oxygen atoms in total. The second kappa shape index (κ2) is 6.11. The molecule has 0 saturated heterocycles. The van der Waals surface area contributed by atoms with E-state index in [1.54, 1.807) is 0 Å². The Labute approximate surface area is 97.4 Å². The third-order valence-electron chi connectivity index (χ3n) is 2.49. The second-order valence-electron chi connectivity index (χ2n) is 4.05. The van der Waals surface area contributed by atoms with Gasteiger partial charge < -0.3 is 5.32 Å². The van der Waals surface area contributed by atoms with E-state index in [2.05, 4.69) is 11.9 Å². The zero-order valence-corrected chi connectivity index (χ0v) is 9.99. The maximum Gasteiger partial charge on any atom is 0.227 e. The average molecular weight is 217 g/mol. The predicted molar refractivity (Wildman–Crippen MR) is 67.3 cm³/mol. The molecular weight excluding hydrogens is 198 g/mol. The average Bonchev–Trinajstić information content (AvgIpc) is 2.29. The van der Waals surface area contributed by atoms with E-state index in [0.717, 1.165) is 17.6 Å². The van der Waals surface area contributed by atoms with E-state index in [9.17, 15) is 4.79 Å². The van der Waals surface area contributed by atoms with Crippen LogP contribution in [-0.4, -0.2) is 12.5 Å². The fourth-order valence-electron chi connectivity index (χ4n) is 1.62. The van der Waals surface area contributed by atoms with Crippen LogP contribution >= 0.6 is 0 Å². The van der Waals surface area contributed by atoms with Crippen LogP contribution in [0.3, 0.4) is 0 Å². The maximum atomic E-state index is 11.9. The van der Waals surface area contributed by atoms with Crippen LogP contribution in [0.5, 0.6) is 0 Å². The summed E-state index contributed by atoms with van der Waals surface area (Å²) in [7, 11) is 0. The molecule has 2 heteroatoms. The Bertz CT molecular complexity index is 356. The molecule has 0 spiro atoms. The van der Waals surface area contributed by atoms with Crippen LogP contribution in [0.4, 0.5) is 0 Å². The highest BCUT2D eigenvalue weighted by molar-refractivity contribution is 5.83. The van der Waals surface area contributed by atoms with Gasteiger partial charge in [-0.2, -0.15) is 0 Å². The zero-order chi connectivity index (χ0) is 12.0. The van der Waals surface area contributed by atoms with Crippen LogP contribution in [0.2, 0.25) is 0 Å². The minimum atomic E-state index is -0.0550. The Balaban J connectivity index is 2.68. The molecule has 86 valence electrons. The Kier molecular flexibility index (Phi) is 4.77. The lowest BCUT2D eigenvalue weighted by Crippen LogP contribution is -2.30. The smallest absolute Gasteiger partial charge is 0.227 e. The summed E-state index contributed by atoms with van der Waals surface area (Å²) in [4.78, 5) is 11.9. The first-order valence-corrected chi connectivity index (χ1v) is 5.62. The third-order valence-corrected chi connectivity index (χ3v) is 2.49. The van der Waals surface area contributed by atoms with Crippen molar-refractivity contribution in [2.75, 3.05) is 6.54 Å². The van der Waals surface area contributed by atoms with Crippen molar-refractivity contribution in [1.82, 2.24) is 5.32 Å². The molecule has 1 N–H and O–H groups in total. The van der Waals surface area contributed by atoms with Crippen LogP contribution in [-0.2, 0) is 4.79 Å². The Morgan fingerprint density at radius 3 is 2.50 bits per heavy atom. The largest absolute Gasteiger partial charge is 0.352 e. The first-order valence-electron chi connectivity index (χ1n) is 5.62. The van der Waals surface area contributed by atoms with Gasteiger partial charge in [0.25, 0.3) is 0 Å². The highest BCUT2D eigenvalue weighted by Crippen LogP contribution is 2.19. The van der Waals surface area contributed by atoms with Crippen molar-refractivity contribution in [3.05, 3.63) is 48.0 Å².